The van der Waals surface area contributed by atoms with Crippen molar-refractivity contribution in [2.75, 3.05) is 36.3 Å². The van der Waals surface area contributed by atoms with Crippen molar-refractivity contribution < 1.29 is 35.8 Å². The highest BCUT2D eigenvalue weighted by Crippen LogP contribution is 2.37. The van der Waals surface area contributed by atoms with Crippen LogP contribution in [0.1, 0.15) is 25.0 Å². The smallest absolute Gasteiger partial charge is 0.254 e. The standard InChI is InChI=1S/C23H24N2O5S.C21H22N2O3.C2H4Cl2O2S/c1-5-16-13-17(15-25(3)23(16)26)21-14-18(24-31(27,28)6-2)7-12-22(21)30-20-10-8-19(29-4)9-11-20;1-4-14-11-15(13-23(2)21(14)24)19-12-16(22)5-10-20(19)26-18-8-6-17(25-3)7-9-18;3-1-2-7(4,5)6/h6-15,24H,2,5H2,1,3-4H3;5-13H,4,22H2,1-3H3;1-2H2. The van der Waals surface area contributed by atoms with Crippen LogP contribution in [0, 0.1) is 0 Å². The first-order valence-corrected chi connectivity index (χ1v) is 24.1. The van der Waals surface area contributed by atoms with Crippen molar-refractivity contribution in [3.63, 3.8) is 0 Å². The molecule has 18 heteroatoms. The number of ether oxygens (including phenoxy) is 4. The number of aryl methyl sites for hydroxylation is 4. The number of nitrogens with zero attached hydrogens (tertiary/aromatic N) is 2. The zero-order valence-corrected chi connectivity index (χ0v) is 39.3. The minimum atomic E-state index is -3.67. The van der Waals surface area contributed by atoms with E-state index in [9.17, 15) is 26.4 Å². The number of methoxy groups -OCH3 is 2. The highest BCUT2D eigenvalue weighted by Gasteiger charge is 2.15. The number of sulfonamides is 1. The largest absolute Gasteiger partial charge is 0.497 e. The molecule has 6 rings (SSSR count). The van der Waals surface area contributed by atoms with Gasteiger partial charge < -0.3 is 33.8 Å². The van der Waals surface area contributed by atoms with E-state index in [1.165, 1.54) is 4.57 Å². The number of rotatable bonds is 15. The summed E-state index contributed by atoms with van der Waals surface area (Å²) in [6.45, 7) is 7.19. The lowest BCUT2D eigenvalue weighted by Crippen LogP contribution is -2.20. The monoisotopic (exact) mass is 952 g/mol. The molecule has 0 aliphatic carbocycles. The summed E-state index contributed by atoms with van der Waals surface area (Å²) in [5.74, 6) is 3.83. The Morgan fingerprint density at radius 3 is 1.47 bits per heavy atom. The lowest BCUT2D eigenvalue weighted by molar-refractivity contribution is 0.413. The molecule has 14 nitrogen and oxygen atoms in total. The van der Waals surface area contributed by atoms with Gasteiger partial charge in [0.2, 0.25) is 9.05 Å². The number of hydrogen-bond donors (Lipinski definition) is 2. The van der Waals surface area contributed by atoms with Crippen LogP contribution in [0.3, 0.4) is 0 Å². The van der Waals surface area contributed by atoms with Crippen LogP contribution in [0.15, 0.2) is 131 Å². The summed E-state index contributed by atoms with van der Waals surface area (Å²) in [6.07, 6.45) is 4.73. The number of nitrogens with two attached hydrogens (primary N) is 1. The van der Waals surface area contributed by atoms with Gasteiger partial charge in [-0.05, 0) is 110 Å². The van der Waals surface area contributed by atoms with E-state index in [1.807, 2.05) is 56.3 Å². The maximum Gasteiger partial charge on any atom is 0.254 e. The van der Waals surface area contributed by atoms with E-state index in [0.29, 0.717) is 64.1 Å². The summed E-state index contributed by atoms with van der Waals surface area (Å²) in [4.78, 5) is 24.5. The van der Waals surface area contributed by atoms with Crippen molar-refractivity contribution in [2.45, 2.75) is 26.7 Å². The van der Waals surface area contributed by atoms with E-state index in [2.05, 4.69) is 11.3 Å². The molecule has 4 aromatic carbocycles. The van der Waals surface area contributed by atoms with Crippen molar-refractivity contribution in [1.82, 2.24) is 9.13 Å². The summed E-state index contributed by atoms with van der Waals surface area (Å²) < 4.78 is 71.7. The molecule has 0 saturated carbocycles. The average Bonchev–Trinajstić information content (AvgIpc) is 3.27. The number of aromatic nitrogens is 2. The molecule has 0 bridgehead atoms. The maximum atomic E-state index is 12.3. The Bertz CT molecular complexity index is 2900. The Hall–Kier alpha value is -6.20. The van der Waals surface area contributed by atoms with Gasteiger partial charge in [0, 0.05) is 93.2 Å². The van der Waals surface area contributed by atoms with Gasteiger partial charge in [-0.25, -0.2) is 16.8 Å². The quantitative estimate of drug-likeness (QED) is 0.0568. The third-order valence-electron chi connectivity index (χ3n) is 9.26. The molecule has 0 aliphatic rings. The molecule has 0 unspecified atom stereocenters. The molecule has 0 radical (unpaired) electrons. The Labute approximate surface area is 382 Å². The summed E-state index contributed by atoms with van der Waals surface area (Å²) in [5.41, 5.74) is 11.4. The summed E-state index contributed by atoms with van der Waals surface area (Å²) in [5, 5.41) is 0.843. The van der Waals surface area contributed by atoms with Gasteiger partial charge in [-0.15, -0.1) is 11.6 Å². The normalized spacial score (nSPS) is 10.9. The van der Waals surface area contributed by atoms with Gasteiger partial charge in [0.1, 0.15) is 34.5 Å². The molecule has 0 aliphatic heterocycles. The Balaban J connectivity index is 0.000000247. The zero-order valence-electron chi connectivity index (χ0n) is 36.1. The molecule has 0 atom stereocenters. The highest BCUT2D eigenvalue weighted by molar-refractivity contribution is 8.13. The summed E-state index contributed by atoms with van der Waals surface area (Å²) in [7, 11) is 4.35. The molecule has 340 valence electrons. The second kappa shape index (κ2) is 22.9. The van der Waals surface area contributed by atoms with E-state index >= 15 is 0 Å². The fourth-order valence-electron chi connectivity index (χ4n) is 5.97. The van der Waals surface area contributed by atoms with Gasteiger partial charge in [0.05, 0.1) is 20.0 Å². The second-order valence-electron chi connectivity index (χ2n) is 13.8. The predicted octanol–water partition coefficient (Wildman–Crippen LogP) is 9.09. The molecule has 0 amide bonds. The molecule has 64 heavy (non-hydrogen) atoms. The molecule has 0 saturated heterocycles. The van der Waals surface area contributed by atoms with E-state index in [-0.39, 0.29) is 22.8 Å². The third kappa shape index (κ3) is 14.4. The number of hydrogen-bond acceptors (Lipinski definition) is 11. The van der Waals surface area contributed by atoms with Crippen LogP contribution in [0.4, 0.5) is 11.4 Å². The van der Waals surface area contributed by atoms with Crippen LogP contribution >= 0.6 is 22.3 Å². The Morgan fingerprint density at radius 1 is 0.672 bits per heavy atom. The number of nitrogen functional groups attached to an aromatic ring is 1. The van der Waals surface area contributed by atoms with Crippen molar-refractivity contribution >= 4 is 52.7 Å². The third-order valence-corrected chi connectivity index (χ3v) is 11.8. The van der Waals surface area contributed by atoms with Gasteiger partial charge in [0.15, 0.2) is 0 Å². The first-order chi connectivity index (χ1) is 30.3. The zero-order chi connectivity index (χ0) is 47.2. The van der Waals surface area contributed by atoms with Crippen LogP contribution in [0.2, 0.25) is 0 Å². The lowest BCUT2D eigenvalue weighted by atomic mass is 10.0. The first-order valence-electron chi connectivity index (χ1n) is 19.5. The lowest BCUT2D eigenvalue weighted by Gasteiger charge is -2.15. The van der Waals surface area contributed by atoms with Crippen LogP contribution in [0.25, 0.3) is 22.3 Å². The number of alkyl halides is 1. The number of anilines is 2. The van der Waals surface area contributed by atoms with E-state index in [4.69, 9.17) is 47.0 Å². The van der Waals surface area contributed by atoms with E-state index in [1.54, 1.807) is 99.9 Å². The Morgan fingerprint density at radius 2 is 1.09 bits per heavy atom. The number of pyridine rings is 2. The number of benzene rings is 4. The van der Waals surface area contributed by atoms with Gasteiger partial charge in [-0.1, -0.05) is 20.4 Å². The number of nitrogens with one attached hydrogen (secondary N) is 1. The van der Waals surface area contributed by atoms with Crippen molar-refractivity contribution in [3.05, 3.63) is 153 Å². The van der Waals surface area contributed by atoms with E-state index < -0.39 is 19.1 Å². The van der Waals surface area contributed by atoms with Crippen LogP contribution in [0.5, 0.6) is 34.5 Å². The minimum absolute atomic E-state index is 0.0118. The molecule has 2 aromatic heterocycles. The molecular weight excluding hydrogens is 904 g/mol. The maximum absolute atomic E-state index is 12.3. The van der Waals surface area contributed by atoms with Gasteiger partial charge in [-0.2, -0.15) is 0 Å². The van der Waals surface area contributed by atoms with Crippen LogP contribution in [-0.2, 0) is 46.0 Å². The fraction of sp³-hybridized carbons (Fsp3) is 0.217. The highest BCUT2D eigenvalue weighted by atomic mass is 35.7. The van der Waals surface area contributed by atoms with Gasteiger partial charge >= 0.3 is 0 Å². The predicted molar refractivity (Wildman–Crippen MR) is 257 cm³/mol. The number of halogens is 2. The SMILES string of the molecule is C=CS(=O)(=O)Nc1ccc(Oc2ccc(OC)cc2)c(-c2cc(CC)c(=O)n(C)c2)c1.CCc1cc(-c2cc(N)ccc2Oc2ccc(OC)cc2)cn(C)c1=O.O=S(=O)(Cl)CCCl. The fourth-order valence-corrected chi connectivity index (χ4v) is 7.77. The van der Waals surface area contributed by atoms with Gasteiger partial charge in [0.25, 0.3) is 21.1 Å². The molecule has 6 aromatic rings. The van der Waals surface area contributed by atoms with Crippen molar-refractivity contribution in [2.24, 2.45) is 14.1 Å². The summed E-state index contributed by atoms with van der Waals surface area (Å²) >= 11 is 5.02. The van der Waals surface area contributed by atoms with Crippen LogP contribution < -0.4 is 40.5 Å². The Kier molecular flexibility index (Phi) is 18.1. The molecular formula is C46H50Cl2N4O10S2. The molecule has 0 fully saturated rings. The van der Waals surface area contributed by atoms with Gasteiger partial charge in [-0.3, -0.25) is 14.3 Å². The van der Waals surface area contributed by atoms with Crippen molar-refractivity contribution in [1.29, 1.82) is 0 Å². The molecule has 3 N–H and O–H groups in total. The van der Waals surface area contributed by atoms with Crippen LogP contribution in [-0.4, -0.2) is 51.8 Å². The second-order valence-corrected chi connectivity index (χ2v) is 18.7. The first kappa shape index (κ1) is 50.4. The topological polar surface area (TPSA) is 187 Å². The van der Waals surface area contributed by atoms with E-state index in [0.717, 1.165) is 33.4 Å². The average molecular weight is 954 g/mol. The molecule has 0 spiro atoms. The van der Waals surface area contributed by atoms with Crippen molar-refractivity contribution in [3.8, 4) is 56.8 Å². The molecule has 2 heterocycles. The summed E-state index contributed by atoms with van der Waals surface area (Å²) in [6, 6.07) is 28.6. The minimum Gasteiger partial charge on any atom is -0.497 e.